The van der Waals surface area contributed by atoms with Crippen molar-refractivity contribution < 1.29 is 4.79 Å². The third-order valence-corrected chi connectivity index (χ3v) is 1.97. The predicted octanol–water partition coefficient (Wildman–Crippen LogP) is 1.43. The van der Waals surface area contributed by atoms with E-state index in [2.05, 4.69) is 13.8 Å². The molecule has 0 aliphatic carbocycles. The van der Waals surface area contributed by atoms with E-state index in [-0.39, 0.29) is 11.3 Å². The minimum atomic E-state index is 0.145. The molecule has 1 aliphatic heterocycles. The Kier molecular flexibility index (Phi) is 2.03. The predicted molar refractivity (Wildman–Crippen MR) is 45.2 cm³/mol. The fraction of sp³-hybridized carbons (Fsp3) is 0.667. The van der Waals surface area contributed by atoms with Gasteiger partial charge in [-0.05, 0) is 13.0 Å². The van der Waals surface area contributed by atoms with Crippen molar-refractivity contribution in [3.63, 3.8) is 0 Å². The molecule has 1 aliphatic rings. The van der Waals surface area contributed by atoms with E-state index in [1.807, 2.05) is 17.9 Å². The maximum atomic E-state index is 11.2. The summed E-state index contributed by atoms with van der Waals surface area (Å²) in [6, 6.07) is 0. The lowest BCUT2D eigenvalue weighted by Crippen LogP contribution is -2.40. The number of hydrogen-bond donors (Lipinski definition) is 0. The topological polar surface area (TPSA) is 20.3 Å². The van der Waals surface area contributed by atoms with E-state index < -0.39 is 0 Å². The first-order valence-electron chi connectivity index (χ1n) is 4.03. The van der Waals surface area contributed by atoms with Crippen LogP contribution in [0.3, 0.4) is 0 Å². The van der Waals surface area contributed by atoms with Crippen LogP contribution >= 0.6 is 0 Å². The molecule has 0 spiro atoms. The summed E-state index contributed by atoms with van der Waals surface area (Å²) >= 11 is 0. The molecule has 0 N–H and O–H groups in total. The summed E-state index contributed by atoms with van der Waals surface area (Å²) in [5.41, 5.74) is 0.157. The van der Waals surface area contributed by atoms with Crippen molar-refractivity contribution in [1.82, 2.24) is 4.90 Å². The molecule has 0 atom stereocenters. The number of carbonyl (C=O) groups is 1. The van der Waals surface area contributed by atoms with E-state index in [9.17, 15) is 4.79 Å². The Balaban J connectivity index is 2.75. The monoisotopic (exact) mass is 153 g/mol. The molecule has 1 heterocycles. The Labute approximate surface area is 67.9 Å². The van der Waals surface area contributed by atoms with Crippen molar-refractivity contribution in [3.8, 4) is 0 Å². The lowest BCUT2D eigenvalue weighted by molar-refractivity contribution is -0.127. The van der Waals surface area contributed by atoms with E-state index >= 15 is 0 Å². The first kappa shape index (κ1) is 8.31. The van der Waals surface area contributed by atoms with Gasteiger partial charge in [0.05, 0.1) is 0 Å². The van der Waals surface area contributed by atoms with Gasteiger partial charge < -0.3 is 4.90 Å². The van der Waals surface area contributed by atoms with Crippen molar-refractivity contribution >= 4 is 5.91 Å². The van der Waals surface area contributed by atoms with Crippen LogP contribution in [0.25, 0.3) is 0 Å². The molecule has 1 rings (SSSR count). The van der Waals surface area contributed by atoms with Crippen molar-refractivity contribution in [2.24, 2.45) is 5.41 Å². The Morgan fingerprint density at radius 3 is 2.73 bits per heavy atom. The van der Waals surface area contributed by atoms with Gasteiger partial charge in [0, 0.05) is 18.5 Å². The molecule has 0 unspecified atom stereocenters. The third-order valence-electron chi connectivity index (χ3n) is 1.97. The van der Waals surface area contributed by atoms with Crippen LogP contribution in [0.4, 0.5) is 0 Å². The summed E-state index contributed by atoms with van der Waals surface area (Å²) in [5, 5.41) is 0. The van der Waals surface area contributed by atoms with Crippen LogP contribution in [-0.4, -0.2) is 23.9 Å². The Bertz CT molecular complexity index is 194. The first-order chi connectivity index (χ1) is 5.05. The zero-order valence-electron chi connectivity index (χ0n) is 7.42. The maximum Gasteiger partial charge on any atom is 0.246 e. The summed E-state index contributed by atoms with van der Waals surface area (Å²) in [6.07, 6.45) is 3.66. The lowest BCUT2D eigenvalue weighted by Gasteiger charge is -2.32. The van der Waals surface area contributed by atoms with Gasteiger partial charge in [-0.25, -0.2) is 0 Å². The molecule has 0 bridgehead atoms. The Morgan fingerprint density at radius 2 is 2.27 bits per heavy atom. The van der Waals surface area contributed by atoms with Crippen LogP contribution in [-0.2, 0) is 4.79 Å². The molecule has 1 amide bonds. The van der Waals surface area contributed by atoms with E-state index in [1.54, 1.807) is 6.08 Å². The normalized spacial score (nSPS) is 22.5. The van der Waals surface area contributed by atoms with Crippen molar-refractivity contribution in [1.29, 1.82) is 0 Å². The van der Waals surface area contributed by atoms with Gasteiger partial charge in [0.25, 0.3) is 0 Å². The van der Waals surface area contributed by atoms with E-state index in [0.717, 1.165) is 13.1 Å². The number of nitrogens with zero attached hydrogens (tertiary/aromatic N) is 1. The maximum absolute atomic E-state index is 11.2. The molecule has 2 heteroatoms. The van der Waals surface area contributed by atoms with Gasteiger partial charge in [-0.2, -0.15) is 0 Å². The highest BCUT2D eigenvalue weighted by atomic mass is 16.2. The van der Waals surface area contributed by atoms with E-state index in [4.69, 9.17) is 0 Å². The molecule has 11 heavy (non-hydrogen) atoms. The Morgan fingerprint density at radius 1 is 1.64 bits per heavy atom. The molecule has 0 saturated heterocycles. The number of amides is 1. The standard InChI is InChI=1S/C9H15NO/c1-4-10-7-9(2,3)6-5-8(10)11/h5-6H,4,7H2,1-3H3. The SMILES string of the molecule is CCN1CC(C)(C)C=CC1=O. The zero-order chi connectivity index (χ0) is 8.48. The molecule has 0 aromatic carbocycles. The highest BCUT2D eigenvalue weighted by Crippen LogP contribution is 2.22. The molecular formula is C9H15NO. The second kappa shape index (κ2) is 2.68. The van der Waals surface area contributed by atoms with E-state index in [0.29, 0.717) is 0 Å². The van der Waals surface area contributed by atoms with Crippen LogP contribution in [0.15, 0.2) is 12.2 Å². The largest absolute Gasteiger partial charge is 0.339 e. The quantitative estimate of drug-likeness (QED) is 0.558. The molecular weight excluding hydrogens is 138 g/mol. The third kappa shape index (κ3) is 1.82. The summed E-state index contributed by atoms with van der Waals surface area (Å²) in [4.78, 5) is 13.0. The van der Waals surface area contributed by atoms with Crippen molar-refractivity contribution in [2.45, 2.75) is 20.8 Å². The van der Waals surface area contributed by atoms with Gasteiger partial charge in [0.15, 0.2) is 0 Å². The minimum absolute atomic E-state index is 0.145. The smallest absolute Gasteiger partial charge is 0.246 e. The van der Waals surface area contributed by atoms with Gasteiger partial charge in [-0.3, -0.25) is 4.79 Å². The van der Waals surface area contributed by atoms with Crippen molar-refractivity contribution in [2.75, 3.05) is 13.1 Å². The average Bonchev–Trinajstić information content (AvgIpc) is 1.94. The zero-order valence-corrected chi connectivity index (χ0v) is 7.42. The molecule has 0 aromatic rings. The minimum Gasteiger partial charge on any atom is -0.339 e. The highest BCUT2D eigenvalue weighted by Gasteiger charge is 2.24. The van der Waals surface area contributed by atoms with Gasteiger partial charge in [0.2, 0.25) is 5.91 Å². The summed E-state index contributed by atoms with van der Waals surface area (Å²) in [6.45, 7) is 7.94. The number of hydrogen-bond acceptors (Lipinski definition) is 1. The second-order valence-corrected chi connectivity index (χ2v) is 3.67. The fourth-order valence-electron chi connectivity index (χ4n) is 1.29. The average molecular weight is 153 g/mol. The molecule has 62 valence electrons. The molecule has 0 aromatic heterocycles. The number of likely N-dealkylation sites (N-methyl/N-ethyl adjacent to an activating group) is 1. The van der Waals surface area contributed by atoms with Crippen LogP contribution in [0.5, 0.6) is 0 Å². The molecule has 0 saturated carbocycles. The van der Waals surface area contributed by atoms with Gasteiger partial charge in [-0.15, -0.1) is 0 Å². The lowest BCUT2D eigenvalue weighted by atomic mass is 9.90. The van der Waals surface area contributed by atoms with Gasteiger partial charge >= 0.3 is 0 Å². The number of carbonyl (C=O) groups excluding carboxylic acids is 1. The molecule has 0 radical (unpaired) electrons. The van der Waals surface area contributed by atoms with E-state index in [1.165, 1.54) is 0 Å². The summed E-state index contributed by atoms with van der Waals surface area (Å²) in [7, 11) is 0. The first-order valence-corrected chi connectivity index (χ1v) is 4.03. The van der Waals surface area contributed by atoms with Crippen LogP contribution in [0, 0.1) is 5.41 Å². The fourth-order valence-corrected chi connectivity index (χ4v) is 1.29. The van der Waals surface area contributed by atoms with Gasteiger partial charge in [0.1, 0.15) is 0 Å². The number of rotatable bonds is 1. The highest BCUT2D eigenvalue weighted by molar-refractivity contribution is 5.88. The van der Waals surface area contributed by atoms with Crippen molar-refractivity contribution in [3.05, 3.63) is 12.2 Å². The molecule has 2 nitrogen and oxygen atoms in total. The van der Waals surface area contributed by atoms with Crippen LogP contribution in [0.1, 0.15) is 20.8 Å². The summed E-state index contributed by atoms with van der Waals surface area (Å²) in [5.74, 6) is 0.145. The summed E-state index contributed by atoms with van der Waals surface area (Å²) < 4.78 is 0. The molecule has 0 fully saturated rings. The van der Waals surface area contributed by atoms with Crippen LogP contribution in [0.2, 0.25) is 0 Å². The van der Waals surface area contributed by atoms with Gasteiger partial charge in [-0.1, -0.05) is 19.9 Å². The Hall–Kier alpha value is -0.790. The van der Waals surface area contributed by atoms with Crippen LogP contribution < -0.4 is 0 Å². The second-order valence-electron chi connectivity index (χ2n) is 3.67.